The van der Waals surface area contributed by atoms with Gasteiger partial charge >= 0.3 is 0 Å². The molecule has 8 aromatic rings. The summed E-state index contributed by atoms with van der Waals surface area (Å²) in [7, 11) is 0. The van der Waals surface area contributed by atoms with Crippen LogP contribution in [0.3, 0.4) is 0 Å². The van der Waals surface area contributed by atoms with Gasteiger partial charge in [0.25, 0.3) is 11.8 Å². The van der Waals surface area contributed by atoms with Crippen LogP contribution in [0.5, 0.6) is 0 Å². The molecule has 216 valence electrons. The molecule has 3 heterocycles. The summed E-state index contributed by atoms with van der Waals surface area (Å²) in [4.78, 5) is 28.7. The van der Waals surface area contributed by atoms with E-state index < -0.39 is 11.8 Å². The van der Waals surface area contributed by atoms with E-state index in [1.807, 2.05) is 18.2 Å². The van der Waals surface area contributed by atoms with Crippen LogP contribution in [-0.2, 0) is 0 Å². The van der Waals surface area contributed by atoms with Crippen molar-refractivity contribution < 1.29 is 9.59 Å². The monoisotopic (exact) mass is 592 g/mol. The molecule has 6 heteroatoms. The van der Waals surface area contributed by atoms with Crippen molar-refractivity contribution in [1.82, 2.24) is 9.13 Å². The quantitative estimate of drug-likeness (QED) is 0.192. The highest BCUT2D eigenvalue weighted by molar-refractivity contribution is 6.35. The van der Waals surface area contributed by atoms with E-state index in [-0.39, 0.29) is 0 Å². The Balaban J connectivity index is 1.39. The second-order valence-electron chi connectivity index (χ2n) is 11.7. The van der Waals surface area contributed by atoms with E-state index >= 15 is 0 Å². The average Bonchev–Trinajstić information content (AvgIpc) is 3.70. The predicted octanol–water partition coefficient (Wildman–Crippen LogP) is 8.86. The first-order valence-electron chi connectivity index (χ1n) is 15.1. The SMILES string of the molecule is Cc1ccc(-n2c3ccccc3c3c4c5ccccc5n(-c5ccc(C#N)cc5N5C(=O)c6ccccc6C5=O)c4ccc32)cc1. The van der Waals surface area contributed by atoms with Crippen LogP contribution < -0.4 is 4.90 Å². The Kier molecular flexibility index (Phi) is 5.38. The van der Waals surface area contributed by atoms with Crippen molar-refractivity contribution in [2.24, 2.45) is 0 Å². The van der Waals surface area contributed by atoms with Crippen molar-refractivity contribution in [3.8, 4) is 17.4 Å². The third kappa shape index (κ3) is 3.45. The Morgan fingerprint density at radius 2 is 1.09 bits per heavy atom. The van der Waals surface area contributed by atoms with E-state index in [2.05, 4.69) is 94.9 Å². The molecule has 2 aromatic heterocycles. The van der Waals surface area contributed by atoms with E-state index in [4.69, 9.17) is 0 Å². The standard InChI is InChI=1S/C40H24N4O2/c1-24-14-17-26(18-15-24)42-31-12-6-4-10-29(31)37-34(42)20-21-35-38(37)30-11-5-7-13-32(30)43(35)33-19-16-25(23-41)22-36(33)44-39(45)27-8-2-3-9-28(27)40(44)46/h2-22H,1H3. The van der Waals surface area contributed by atoms with Crippen molar-refractivity contribution in [1.29, 1.82) is 5.26 Å². The number of hydrogen-bond donors (Lipinski definition) is 0. The minimum absolute atomic E-state index is 0.355. The predicted molar refractivity (Wildman–Crippen MR) is 182 cm³/mol. The van der Waals surface area contributed by atoms with Gasteiger partial charge in [-0.05, 0) is 73.7 Å². The second kappa shape index (κ2) is 9.52. The summed E-state index contributed by atoms with van der Waals surface area (Å²) in [5.41, 5.74) is 8.42. The molecule has 1 aliphatic rings. The molecule has 0 radical (unpaired) electrons. The zero-order valence-electron chi connectivity index (χ0n) is 24.7. The van der Waals surface area contributed by atoms with E-state index in [1.165, 1.54) is 10.5 Å². The van der Waals surface area contributed by atoms with E-state index in [1.54, 1.807) is 36.4 Å². The third-order valence-corrected chi connectivity index (χ3v) is 9.14. The maximum atomic E-state index is 13.7. The van der Waals surface area contributed by atoms with Gasteiger partial charge in [-0.25, -0.2) is 4.90 Å². The molecule has 0 bridgehead atoms. The summed E-state index contributed by atoms with van der Waals surface area (Å²) in [6.45, 7) is 2.09. The van der Waals surface area contributed by atoms with Gasteiger partial charge in [-0.2, -0.15) is 5.26 Å². The summed E-state index contributed by atoms with van der Waals surface area (Å²) < 4.78 is 4.42. The summed E-state index contributed by atoms with van der Waals surface area (Å²) in [6, 6.07) is 43.8. The van der Waals surface area contributed by atoms with Gasteiger partial charge in [0.2, 0.25) is 0 Å². The van der Waals surface area contributed by atoms with Crippen molar-refractivity contribution in [2.45, 2.75) is 6.92 Å². The van der Waals surface area contributed by atoms with Crippen LogP contribution >= 0.6 is 0 Å². The number of aryl methyl sites for hydroxylation is 1. The molecular weight excluding hydrogens is 568 g/mol. The number of imide groups is 1. The average molecular weight is 593 g/mol. The molecule has 0 fully saturated rings. The summed E-state index contributed by atoms with van der Waals surface area (Å²) in [5.74, 6) is -0.803. The van der Waals surface area contributed by atoms with Gasteiger partial charge in [0.15, 0.2) is 0 Å². The number of para-hydroxylation sites is 2. The van der Waals surface area contributed by atoms with Crippen LogP contribution in [-0.4, -0.2) is 20.9 Å². The van der Waals surface area contributed by atoms with Crippen LogP contribution in [0.4, 0.5) is 5.69 Å². The smallest absolute Gasteiger partial charge is 0.266 e. The van der Waals surface area contributed by atoms with Crippen molar-refractivity contribution >= 4 is 61.1 Å². The normalized spacial score (nSPS) is 12.9. The molecule has 0 saturated carbocycles. The number of carbonyl (C=O) groups excluding carboxylic acids is 2. The van der Waals surface area contributed by atoms with Crippen molar-refractivity contribution in [3.63, 3.8) is 0 Å². The minimum Gasteiger partial charge on any atom is -0.309 e. The first kappa shape index (κ1) is 26.0. The van der Waals surface area contributed by atoms with Crippen molar-refractivity contribution in [2.75, 3.05) is 4.90 Å². The number of carbonyl (C=O) groups is 2. The summed E-state index contributed by atoms with van der Waals surface area (Å²) in [6.07, 6.45) is 0. The fourth-order valence-electron chi connectivity index (χ4n) is 7.12. The molecule has 0 unspecified atom stereocenters. The first-order valence-corrected chi connectivity index (χ1v) is 15.1. The van der Waals surface area contributed by atoms with Gasteiger partial charge < -0.3 is 9.13 Å². The highest BCUT2D eigenvalue weighted by Crippen LogP contribution is 2.44. The zero-order chi connectivity index (χ0) is 31.1. The summed E-state index contributed by atoms with van der Waals surface area (Å²) in [5, 5.41) is 14.2. The third-order valence-electron chi connectivity index (χ3n) is 9.14. The number of hydrogen-bond acceptors (Lipinski definition) is 3. The molecule has 0 aliphatic carbocycles. The molecule has 9 rings (SSSR count). The lowest BCUT2D eigenvalue weighted by molar-refractivity contribution is 0.0926. The molecule has 0 atom stereocenters. The second-order valence-corrected chi connectivity index (χ2v) is 11.7. The Morgan fingerprint density at radius 1 is 0.543 bits per heavy atom. The maximum Gasteiger partial charge on any atom is 0.266 e. The van der Waals surface area contributed by atoms with E-state index in [9.17, 15) is 14.9 Å². The Hall–Kier alpha value is -6.45. The maximum absolute atomic E-state index is 13.7. The fourth-order valence-corrected chi connectivity index (χ4v) is 7.12. The van der Waals surface area contributed by atoms with E-state index in [0.29, 0.717) is 28.1 Å². The Bertz CT molecular complexity index is 2620. The number of aromatic nitrogens is 2. The largest absolute Gasteiger partial charge is 0.309 e. The highest BCUT2D eigenvalue weighted by atomic mass is 16.2. The molecule has 0 N–H and O–H groups in total. The number of nitriles is 1. The van der Waals surface area contributed by atoms with Crippen LogP contribution in [0.15, 0.2) is 127 Å². The molecule has 0 saturated heterocycles. The fraction of sp³-hybridized carbons (Fsp3) is 0.0250. The van der Waals surface area contributed by atoms with Gasteiger partial charge in [0, 0.05) is 27.2 Å². The Labute approximate surface area is 263 Å². The van der Waals surface area contributed by atoms with Crippen LogP contribution in [0.25, 0.3) is 55.0 Å². The van der Waals surface area contributed by atoms with Crippen LogP contribution in [0.1, 0.15) is 31.8 Å². The number of anilines is 1. The molecule has 46 heavy (non-hydrogen) atoms. The molecule has 6 nitrogen and oxygen atoms in total. The first-order chi connectivity index (χ1) is 22.5. The van der Waals surface area contributed by atoms with Gasteiger partial charge in [0.05, 0.1) is 56.2 Å². The molecule has 1 aliphatic heterocycles. The number of nitrogens with zero attached hydrogens (tertiary/aromatic N) is 4. The molecule has 6 aromatic carbocycles. The van der Waals surface area contributed by atoms with Gasteiger partial charge in [-0.1, -0.05) is 66.2 Å². The van der Waals surface area contributed by atoms with E-state index in [0.717, 1.165) is 49.3 Å². The number of benzene rings is 6. The van der Waals surface area contributed by atoms with Gasteiger partial charge in [-0.3, -0.25) is 9.59 Å². The molecule has 0 spiro atoms. The Morgan fingerprint density at radius 3 is 1.70 bits per heavy atom. The number of fused-ring (bicyclic) bond motifs is 8. The lowest BCUT2D eigenvalue weighted by Gasteiger charge is -2.20. The van der Waals surface area contributed by atoms with Gasteiger partial charge in [-0.15, -0.1) is 0 Å². The topological polar surface area (TPSA) is 71.0 Å². The zero-order valence-corrected chi connectivity index (χ0v) is 24.7. The highest BCUT2D eigenvalue weighted by Gasteiger charge is 2.38. The van der Waals surface area contributed by atoms with Gasteiger partial charge in [0.1, 0.15) is 0 Å². The van der Waals surface area contributed by atoms with Crippen LogP contribution in [0, 0.1) is 18.3 Å². The molecular formula is C40H24N4O2. The lowest BCUT2D eigenvalue weighted by atomic mass is 10.1. The lowest BCUT2D eigenvalue weighted by Crippen LogP contribution is -2.30. The molecule has 2 amide bonds. The van der Waals surface area contributed by atoms with Crippen molar-refractivity contribution in [3.05, 3.63) is 150 Å². The minimum atomic E-state index is -0.402. The number of rotatable bonds is 3. The van der Waals surface area contributed by atoms with Crippen LogP contribution in [0.2, 0.25) is 0 Å². The summed E-state index contributed by atoms with van der Waals surface area (Å²) >= 11 is 0. The number of amides is 2.